The van der Waals surface area contributed by atoms with Gasteiger partial charge in [-0.25, -0.2) is 8.42 Å². The highest BCUT2D eigenvalue weighted by Gasteiger charge is 2.13. The van der Waals surface area contributed by atoms with Crippen molar-refractivity contribution in [2.24, 2.45) is 5.92 Å². The first-order valence-electron chi connectivity index (χ1n) is 6.71. The van der Waals surface area contributed by atoms with Gasteiger partial charge in [-0.2, -0.15) is 0 Å². The Morgan fingerprint density at radius 3 is 2.71 bits per heavy atom. The van der Waals surface area contributed by atoms with Gasteiger partial charge in [-0.15, -0.1) is 0 Å². The van der Waals surface area contributed by atoms with Gasteiger partial charge in [0, 0.05) is 36.0 Å². The van der Waals surface area contributed by atoms with Crippen molar-refractivity contribution in [3.63, 3.8) is 0 Å². The van der Waals surface area contributed by atoms with E-state index in [4.69, 9.17) is 15.4 Å². The third-order valence-electron chi connectivity index (χ3n) is 2.58. The lowest BCUT2D eigenvalue weighted by Gasteiger charge is -2.08. The van der Waals surface area contributed by atoms with Crippen molar-refractivity contribution in [3.05, 3.63) is 29.8 Å². The van der Waals surface area contributed by atoms with Crippen molar-refractivity contribution in [2.75, 3.05) is 19.8 Å². The molecule has 7 heteroatoms. The summed E-state index contributed by atoms with van der Waals surface area (Å²) in [6, 6.07) is 5.62. The van der Waals surface area contributed by atoms with E-state index >= 15 is 0 Å². The molecule has 1 aromatic carbocycles. The van der Waals surface area contributed by atoms with Crippen LogP contribution in [0.3, 0.4) is 0 Å². The fraction of sp³-hybridized carbons (Fsp3) is 0.500. The van der Waals surface area contributed by atoms with Crippen molar-refractivity contribution in [1.82, 2.24) is 5.32 Å². The van der Waals surface area contributed by atoms with Gasteiger partial charge >= 0.3 is 0 Å². The molecule has 0 spiro atoms. The number of benzene rings is 1. The van der Waals surface area contributed by atoms with Crippen molar-refractivity contribution in [3.8, 4) is 0 Å². The predicted molar refractivity (Wildman–Crippen MR) is 82.1 cm³/mol. The highest BCUT2D eigenvalue weighted by Crippen LogP contribution is 2.16. The van der Waals surface area contributed by atoms with Gasteiger partial charge in [-0.3, -0.25) is 4.79 Å². The van der Waals surface area contributed by atoms with Crippen molar-refractivity contribution in [1.29, 1.82) is 0 Å². The van der Waals surface area contributed by atoms with Crippen LogP contribution in [0, 0.1) is 5.92 Å². The largest absolute Gasteiger partial charge is 0.381 e. The van der Waals surface area contributed by atoms with Crippen LogP contribution in [-0.4, -0.2) is 34.1 Å². The van der Waals surface area contributed by atoms with E-state index in [0.29, 0.717) is 32.1 Å². The summed E-state index contributed by atoms with van der Waals surface area (Å²) in [5.41, 5.74) is 0.264. The van der Waals surface area contributed by atoms with Gasteiger partial charge in [0.2, 0.25) is 0 Å². The Bertz CT molecular complexity index is 572. The molecule has 118 valence electrons. The molecule has 1 N–H and O–H groups in total. The molecule has 1 aromatic rings. The highest BCUT2D eigenvalue weighted by molar-refractivity contribution is 8.13. The maximum absolute atomic E-state index is 11.9. The minimum atomic E-state index is -3.83. The average Bonchev–Trinajstić information content (AvgIpc) is 2.41. The minimum Gasteiger partial charge on any atom is -0.381 e. The van der Waals surface area contributed by atoms with Gasteiger partial charge in [0.15, 0.2) is 0 Å². The molecular formula is C14H20ClNO4S. The smallest absolute Gasteiger partial charge is 0.261 e. The number of halogens is 1. The number of ether oxygens (including phenoxy) is 1. The molecule has 1 rings (SSSR count). The molecule has 0 bridgehead atoms. The second kappa shape index (κ2) is 8.36. The Balaban J connectivity index is 2.43. The molecule has 1 amide bonds. The summed E-state index contributed by atoms with van der Waals surface area (Å²) in [7, 11) is 1.42. The van der Waals surface area contributed by atoms with Crippen LogP contribution in [0.1, 0.15) is 30.6 Å². The van der Waals surface area contributed by atoms with E-state index in [1.54, 1.807) is 0 Å². The Morgan fingerprint density at radius 2 is 2.10 bits per heavy atom. The summed E-state index contributed by atoms with van der Waals surface area (Å²) in [5, 5.41) is 2.71. The summed E-state index contributed by atoms with van der Waals surface area (Å²) >= 11 is 0. The standard InChI is InChI=1S/C14H20ClNO4S/c1-11(2)10-20-8-4-7-16-14(17)12-5-3-6-13(9-12)21(15,18)19/h3,5-6,9,11H,4,7-8,10H2,1-2H3,(H,16,17). The van der Waals surface area contributed by atoms with Gasteiger partial charge in [0.25, 0.3) is 15.0 Å². The van der Waals surface area contributed by atoms with E-state index in [1.807, 2.05) is 0 Å². The van der Waals surface area contributed by atoms with Crippen molar-refractivity contribution >= 4 is 25.6 Å². The van der Waals surface area contributed by atoms with Gasteiger partial charge in [0.1, 0.15) is 0 Å². The first-order valence-corrected chi connectivity index (χ1v) is 9.02. The molecule has 0 saturated carbocycles. The molecule has 0 aliphatic heterocycles. The molecular weight excluding hydrogens is 314 g/mol. The normalized spacial score (nSPS) is 11.6. The number of carbonyl (C=O) groups is 1. The third-order valence-corrected chi connectivity index (χ3v) is 3.93. The highest BCUT2D eigenvalue weighted by atomic mass is 35.7. The van der Waals surface area contributed by atoms with Crippen LogP contribution >= 0.6 is 10.7 Å². The van der Waals surface area contributed by atoms with E-state index in [2.05, 4.69) is 19.2 Å². The van der Waals surface area contributed by atoms with Crippen molar-refractivity contribution < 1.29 is 17.9 Å². The monoisotopic (exact) mass is 333 g/mol. The SMILES string of the molecule is CC(C)COCCCNC(=O)c1cccc(S(=O)(=O)Cl)c1. The molecule has 0 fully saturated rings. The fourth-order valence-electron chi connectivity index (χ4n) is 1.59. The molecule has 0 aromatic heterocycles. The van der Waals surface area contributed by atoms with Gasteiger partial charge in [-0.05, 0) is 30.5 Å². The second-order valence-electron chi connectivity index (χ2n) is 5.04. The molecule has 0 radical (unpaired) electrons. The van der Waals surface area contributed by atoms with Crippen LogP contribution in [0.15, 0.2) is 29.2 Å². The molecule has 0 saturated heterocycles. The molecule has 0 heterocycles. The molecule has 0 unspecified atom stereocenters. The van der Waals surface area contributed by atoms with Crippen LogP contribution in [0.25, 0.3) is 0 Å². The van der Waals surface area contributed by atoms with E-state index in [-0.39, 0.29) is 16.4 Å². The van der Waals surface area contributed by atoms with Crippen LogP contribution < -0.4 is 5.32 Å². The maximum atomic E-state index is 11.9. The summed E-state index contributed by atoms with van der Waals surface area (Å²) in [6.45, 7) is 5.88. The molecule has 0 aliphatic carbocycles. The van der Waals surface area contributed by atoms with Crippen LogP contribution in [0.2, 0.25) is 0 Å². The molecule has 21 heavy (non-hydrogen) atoms. The number of hydrogen-bond donors (Lipinski definition) is 1. The zero-order valence-electron chi connectivity index (χ0n) is 12.1. The lowest BCUT2D eigenvalue weighted by molar-refractivity contribution is 0.0925. The van der Waals surface area contributed by atoms with Gasteiger partial charge < -0.3 is 10.1 Å². The second-order valence-corrected chi connectivity index (χ2v) is 7.61. The Labute approximate surface area is 130 Å². The quantitative estimate of drug-likeness (QED) is 0.585. The third kappa shape index (κ3) is 6.93. The number of hydrogen-bond acceptors (Lipinski definition) is 4. The molecule has 0 atom stereocenters. The van der Waals surface area contributed by atoms with E-state index in [0.717, 1.165) is 0 Å². The number of nitrogens with one attached hydrogen (secondary N) is 1. The Kier molecular flexibility index (Phi) is 7.14. The van der Waals surface area contributed by atoms with Gasteiger partial charge in [-0.1, -0.05) is 19.9 Å². The summed E-state index contributed by atoms with van der Waals surface area (Å²) < 4.78 is 27.8. The van der Waals surface area contributed by atoms with Crippen LogP contribution in [0.5, 0.6) is 0 Å². The topological polar surface area (TPSA) is 72.5 Å². The number of carbonyl (C=O) groups excluding carboxylic acids is 1. The van der Waals surface area contributed by atoms with E-state index < -0.39 is 9.05 Å². The number of rotatable bonds is 8. The molecule has 5 nitrogen and oxygen atoms in total. The van der Waals surface area contributed by atoms with E-state index in [9.17, 15) is 13.2 Å². The molecule has 0 aliphatic rings. The zero-order chi connectivity index (χ0) is 15.9. The van der Waals surface area contributed by atoms with Gasteiger partial charge in [0.05, 0.1) is 4.90 Å². The number of amides is 1. The summed E-state index contributed by atoms with van der Waals surface area (Å²) in [4.78, 5) is 11.8. The summed E-state index contributed by atoms with van der Waals surface area (Å²) in [6.07, 6.45) is 0.700. The van der Waals surface area contributed by atoms with E-state index in [1.165, 1.54) is 24.3 Å². The Hall–Kier alpha value is -1.11. The minimum absolute atomic E-state index is 0.0860. The average molecular weight is 334 g/mol. The predicted octanol–water partition coefficient (Wildman–Crippen LogP) is 2.41. The van der Waals surface area contributed by atoms with Crippen molar-refractivity contribution in [2.45, 2.75) is 25.2 Å². The fourth-order valence-corrected chi connectivity index (χ4v) is 2.38. The maximum Gasteiger partial charge on any atom is 0.261 e. The zero-order valence-corrected chi connectivity index (χ0v) is 13.7. The van der Waals surface area contributed by atoms with Crippen LogP contribution in [-0.2, 0) is 13.8 Å². The lowest BCUT2D eigenvalue weighted by atomic mass is 10.2. The first kappa shape index (κ1) is 17.9. The summed E-state index contributed by atoms with van der Waals surface area (Å²) in [5.74, 6) is 0.154. The Morgan fingerprint density at radius 1 is 1.38 bits per heavy atom. The van der Waals surface area contributed by atoms with Crippen LogP contribution in [0.4, 0.5) is 0 Å². The lowest BCUT2D eigenvalue weighted by Crippen LogP contribution is -2.25. The first-order chi connectivity index (χ1) is 9.80.